The summed E-state index contributed by atoms with van der Waals surface area (Å²) in [5.74, 6) is -0.763. The molecule has 102 valence electrons. The molecule has 0 aliphatic rings. The lowest BCUT2D eigenvalue weighted by Crippen LogP contribution is -2.17. The summed E-state index contributed by atoms with van der Waals surface area (Å²) in [6.07, 6.45) is 0.675. The van der Waals surface area contributed by atoms with Gasteiger partial charge >= 0.3 is 12.1 Å². The third-order valence-corrected chi connectivity index (χ3v) is 2.33. The van der Waals surface area contributed by atoms with Gasteiger partial charge in [0, 0.05) is 0 Å². The van der Waals surface area contributed by atoms with Crippen molar-refractivity contribution in [2.75, 3.05) is 19.0 Å². The molecule has 0 bridgehead atoms. The summed E-state index contributed by atoms with van der Waals surface area (Å²) in [6.45, 7) is 5.12. The second-order valence-electron chi connectivity index (χ2n) is 3.68. The van der Waals surface area contributed by atoms with E-state index in [9.17, 15) is 9.59 Å². The van der Waals surface area contributed by atoms with Crippen LogP contribution in [0.25, 0.3) is 0 Å². The van der Waals surface area contributed by atoms with Gasteiger partial charge in [0.15, 0.2) is 0 Å². The molecule has 0 saturated heterocycles. The highest BCUT2D eigenvalue weighted by Crippen LogP contribution is 2.27. The van der Waals surface area contributed by atoms with Crippen LogP contribution in [-0.4, -0.2) is 30.9 Å². The Bertz CT molecular complexity index is 510. The van der Waals surface area contributed by atoms with E-state index in [-0.39, 0.29) is 17.9 Å². The maximum Gasteiger partial charge on any atom is 0.411 e. The van der Waals surface area contributed by atoms with Crippen molar-refractivity contribution >= 4 is 17.7 Å². The first-order chi connectivity index (χ1) is 8.99. The van der Waals surface area contributed by atoms with Crippen molar-refractivity contribution in [3.8, 4) is 5.75 Å². The summed E-state index contributed by atoms with van der Waals surface area (Å²) < 4.78 is 9.74. The number of amides is 1. The summed E-state index contributed by atoms with van der Waals surface area (Å²) in [6, 6.07) is 2.95. The lowest BCUT2D eigenvalue weighted by molar-refractivity contribution is 0.0697. The molecule has 2 N–H and O–H groups in total. The molecule has 1 amide bonds. The van der Waals surface area contributed by atoms with Gasteiger partial charge in [-0.1, -0.05) is 12.7 Å². The van der Waals surface area contributed by atoms with Gasteiger partial charge in [-0.05, 0) is 24.6 Å². The van der Waals surface area contributed by atoms with Crippen LogP contribution in [0, 0.1) is 6.92 Å². The highest BCUT2D eigenvalue weighted by molar-refractivity contribution is 6.00. The van der Waals surface area contributed by atoms with Gasteiger partial charge < -0.3 is 14.6 Å². The minimum absolute atomic E-state index is 0.0451. The van der Waals surface area contributed by atoms with E-state index in [2.05, 4.69) is 11.9 Å². The number of carbonyl (C=O) groups is 2. The van der Waals surface area contributed by atoms with Crippen molar-refractivity contribution < 1.29 is 24.2 Å². The quantitative estimate of drug-likeness (QED) is 0.799. The minimum Gasteiger partial charge on any atom is -0.497 e. The van der Waals surface area contributed by atoms with Gasteiger partial charge in [0.05, 0.1) is 18.4 Å². The third kappa shape index (κ3) is 3.74. The van der Waals surface area contributed by atoms with Crippen LogP contribution in [0.15, 0.2) is 24.8 Å². The molecule has 1 rings (SSSR count). The topological polar surface area (TPSA) is 84.9 Å². The molecule has 1 aromatic carbocycles. The van der Waals surface area contributed by atoms with Crippen molar-refractivity contribution in [3.05, 3.63) is 35.9 Å². The number of hydrogen-bond acceptors (Lipinski definition) is 4. The van der Waals surface area contributed by atoms with Gasteiger partial charge in [-0.25, -0.2) is 9.59 Å². The number of anilines is 1. The molecule has 0 unspecified atom stereocenters. The Morgan fingerprint density at radius 3 is 2.68 bits per heavy atom. The average Bonchev–Trinajstić information content (AvgIpc) is 2.37. The van der Waals surface area contributed by atoms with Gasteiger partial charge in [-0.15, -0.1) is 0 Å². The van der Waals surface area contributed by atoms with Crippen molar-refractivity contribution in [3.63, 3.8) is 0 Å². The highest BCUT2D eigenvalue weighted by Gasteiger charge is 2.17. The average molecular weight is 265 g/mol. The van der Waals surface area contributed by atoms with Crippen LogP contribution in [0.4, 0.5) is 10.5 Å². The zero-order chi connectivity index (χ0) is 14.4. The van der Waals surface area contributed by atoms with Gasteiger partial charge in [0.1, 0.15) is 12.4 Å². The smallest absolute Gasteiger partial charge is 0.411 e. The fourth-order valence-corrected chi connectivity index (χ4v) is 1.48. The third-order valence-electron chi connectivity index (χ3n) is 2.33. The van der Waals surface area contributed by atoms with Crippen molar-refractivity contribution in [1.29, 1.82) is 0 Å². The molecule has 6 nitrogen and oxygen atoms in total. The SMILES string of the molecule is C=CCOC(=O)Nc1c(C)cc(OC)cc1C(=O)O. The molecular weight excluding hydrogens is 250 g/mol. The van der Waals surface area contributed by atoms with Crippen LogP contribution >= 0.6 is 0 Å². The summed E-state index contributed by atoms with van der Waals surface area (Å²) in [7, 11) is 1.44. The van der Waals surface area contributed by atoms with Crippen LogP contribution in [-0.2, 0) is 4.74 Å². The van der Waals surface area contributed by atoms with E-state index in [0.717, 1.165) is 0 Å². The molecule has 6 heteroatoms. The molecule has 0 spiro atoms. The molecule has 0 aliphatic heterocycles. The molecule has 1 aromatic rings. The fraction of sp³-hybridized carbons (Fsp3) is 0.231. The second-order valence-corrected chi connectivity index (χ2v) is 3.68. The molecule has 0 fully saturated rings. The Labute approximate surface area is 110 Å². The summed E-state index contributed by atoms with van der Waals surface area (Å²) in [4.78, 5) is 22.6. The van der Waals surface area contributed by atoms with Crippen molar-refractivity contribution in [1.82, 2.24) is 0 Å². The van der Waals surface area contributed by atoms with E-state index < -0.39 is 12.1 Å². The number of aromatic carboxylic acids is 1. The highest BCUT2D eigenvalue weighted by atomic mass is 16.5. The van der Waals surface area contributed by atoms with Crippen LogP contribution in [0.1, 0.15) is 15.9 Å². The van der Waals surface area contributed by atoms with Crippen molar-refractivity contribution in [2.24, 2.45) is 0 Å². The number of rotatable bonds is 5. The monoisotopic (exact) mass is 265 g/mol. The fourth-order valence-electron chi connectivity index (χ4n) is 1.48. The van der Waals surface area contributed by atoms with Crippen LogP contribution in [0.5, 0.6) is 5.75 Å². The zero-order valence-electron chi connectivity index (χ0n) is 10.7. The Morgan fingerprint density at radius 2 is 2.16 bits per heavy atom. The van der Waals surface area contributed by atoms with E-state index in [0.29, 0.717) is 11.3 Å². The number of aryl methyl sites for hydroxylation is 1. The van der Waals surface area contributed by atoms with E-state index in [1.807, 2.05) is 0 Å². The number of carboxylic acids is 1. The molecule has 19 heavy (non-hydrogen) atoms. The number of ether oxygens (including phenoxy) is 2. The molecule has 0 aliphatic carbocycles. The first kappa shape index (κ1) is 14.6. The van der Waals surface area contributed by atoms with E-state index in [1.165, 1.54) is 19.3 Å². The number of carboxylic acid groups (broad SMARTS) is 1. The lowest BCUT2D eigenvalue weighted by atomic mass is 10.1. The number of methoxy groups -OCH3 is 1. The molecule has 0 atom stereocenters. The van der Waals surface area contributed by atoms with Crippen LogP contribution < -0.4 is 10.1 Å². The first-order valence-corrected chi connectivity index (χ1v) is 5.46. The predicted molar refractivity (Wildman–Crippen MR) is 69.9 cm³/mol. The predicted octanol–water partition coefficient (Wildman–Crippen LogP) is 2.44. The minimum atomic E-state index is -1.17. The summed E-state index contributed by atoms with van der Waals surface area (Å²) in [5.41, 5.74) is 0.682. The zero-order valence-corrected chi connectivity index (χ0v) is 10.7. The summed E-state index contributed by atoms with van der Waals surface area (Å²) >= 11 is 0. The van der Waals surface area contributed by atoms with Crippen LogP contribution in [0.3, 0.4) is 0 Å². The molecule has 0 radical (unpaired) electrons. The van der Waals surface area contributed by atoms with E-state index >= 15 is 0 Å². The Kier molecular flexibility index (Phi) is 4.93. The van der Waals surface area contributed by atoms with Gasteiger partial charge in [-0.3, -0.25) is 5.32 Å². The van der Waals surface area contributed by atoms with Gasteiger partial charge in [0.2, 0.25) is 0 Å². The van der Waals surface area contributed by atoms with Gasteiger partial charge in [-0.2, -0.15) is 0 Å². The molecule has 0 saturated carbocycles. The Morgan fingerprint density at radius 1 is 1.47 bits per heavy atom. The molecule has 0 aromatic heterocycles. The van der Waals surface area contributed by atoms with Crippen LogP contribution in [0.2, 0.25) is 0 Å². The number of benzene rings is 1. The van der Waals surface area contributed by atoms with E-state index in [1.54, 1.807) is 13.0 Å². The number of carbonyl (C=O) groups excluding carboxylic acids is 1. The maximum atomic E-state index is 11.4. The second kappa shape index (κ2) is 6.44. The standard InChI is InChI=1S/C13H15NO5/c1-4-5-19-13(17)14-11-8(2)6-9(18-3)7-10(11)12(15)16/h4,6-7H,1,5H2,2-3H3,(H,14,17)(H,15,16). The molecular formula is C13H15NO5. The number of nitrogens with one attached hydrogen (secondary N) is 1. The molecule has 0 heterocycles. The Hall–Kier alpha value is -2.50. The van der Waals surface area contributed by atoms with Gasteiger partial charge in [0.25, 0.3) is 0 Å². The normalized spacial score (nSPS) is 9.58. The largest absolute Gasteiger partial charge is 0.497 e. The lowest BCUT2D eigenvalue weighted by Gasteiger charge is -2.13. The Balaban J connectivity index is 3.08. The number of hydrogen-bond donors (Lipinski definition) is 2. The van der Waals surface area contributed by atoms with E-state index in [4.69, 9.17) is 14.6 Å². The maximum absolute atomic E-state index is 11.4. The van der Waals surface area contributed by atoms with Crippen molar-refractivity contribution in [2.45, 2.75) is 6.92 Å². The first-order valence-electron chi connectivity index (χ1n) is 5.46. The summed E-state index contributed by atoms with van der Waals surface area (Å²) in [5, 5.41) is 11.5.